The lowest BCUT2D eigenvalue weighted by molar-refractivity contribution is -0.156. The maximum Gasteiger partial charge on any atom is 0.321 e. The molecule has 1 aliphatic carbocycles. The van der Waals surface area contributed by atoms with Crippen molar-refractivity contribution in [2.45, 2.75) is 51.3 Å². The summed E-state index contributed by atoms with van der Waals surface area (Å²) in [4.78, 5) is 42.6. The Labute approximate surface area is 277 Å². The lowest BCUT2D eigenvalue weighted by Crippen LogP contribution is -2.52. The SMILES string of the molecule is CN(COCC1c2ccccc2-c2ccccc21)[C@@H](Cc1ccc(CNC(=O)N2CCN(CC(=O)OC(C)(C)C)CC2)cc1)C(=O)O. The normalized spacial score (nSPS) is 15.6. The molecule has 2 N–H and O–H groups in total. The Morgan fingerprint density at radius 1 is 0.894 bits per heavy atom. The number of ether oxygens (including phenoxy) is 2. The van der Waals surface area contributed by atoms with Crippen LogP contribution in [0.3, 0.4) is 0 Å². The molecule has 0 unspecified atom stereocenters. The molecule has 10 nitrogen and oxygen atoms in total. The van der Waals surface area contributed by atoms with E-state index >= 15 is 0 Å². The number of urea groups is 1. The van der Waals surface area contributed by atoms with Crippen LogP contribution in [0.2, 0.25) is 0 Å². The molecule has 3 aromatic rings. The molecule has 0 aromatic heterocycles. The van der Waals surface area contributed by atoms with E-state index in [4.69, 9.17) is 9.47 Å². The first kappa shape index (κ1) is 34.1. The van der Waals surface area contributed by atoms with Gasteiger partial charge in [-0.25, -0.2) is 4.79 Å². The Bertz CT molecular complexity index is 1500. The van der Waals surface area contributed by atoms with Crippen LogP contribution in [0.25, 0.3) is 11.1 Å². The molecule has 1 atom stereocenters. The molecule has 1 fully saturated rings. The Kier molecular flexibility index (Phi) is 11.0. The second kappa shape index (κ2) is 15.1. The molecule has 3 aromatic carbocycles. The van der Waals surface area contributed by atoms with Crippen molar-refractivity contribution < 1.29 is 29.0 Å². The zero-order chi connectivity index (χ0) is 33.6. The minimum atomic E-state index is -0.907. The number of piperazine rings is 1. The summed E-state index contributed by atoms with van der Waals surface area (Å²) < 4.78 is 11.5. The molecule has 0 radical (unpaired) electrons. The van der Waals surface area contributed by atoms with E-state index in [2.05, 4.69) is 29.6 Å². The monoisotopic (exact) mass is 642 g/mol. The maximum absolute atomic E-state index is 12.8. The van der Waals surface area contributed by atoms with Crippen molar-refractivity contribution in [1.82, 2.24) is 20.0 Å². The Morgan fingerprint density at radius 3 is 2.04 bits per heavy atom. The Morgan fingerprint density at radius 2 is 1.47 bits per heavy atom. The molecule has 250 valence electrons. The van der Waals surface area contributed by atoms with E-state index in [0.717, 1.165) is 11.1 Å². The van der Waals surface area contributed by atoms with Gasteiger partial charge in [0.05, 0.1) is 19.9 Å². The fraction of sp³-hybridized carbons (Fsp3) is 0.432. The van der Waals surface area contributed by atoms with Crippen LogP contribution in [-0.4, -0.2) is 103 Å². The summed E-state index contributed by atoms with van der Waals surface area (Å²) in [6.45, 7) is 9.05. The topological polar surface area (TPSA) is 112 Å². The van der Waals surface area contributed by atoms with Gasteiger partial charge >= 0.3 is 18.0 Å². The zero-order valence-electron chi connectivity index (χ0n) is 27.8. The van der Waals surface area contributed by atoms with Gasteiger partial charge in [0, 0.05) is 38.6 Å². The minimum Gasteiger partial charge on any atom is -0.480 e. The van der Waals surface area contributed by atoms with Crippen LogP contribution in [-0.2, 0) is 32.0 Å². The van der Waals surface area contributed by atoms with Gasteiger partial charge in [0.1, 0.15) is 11.6 Å². The first-order valence-corrected chi connectivity index (χ1v) is 16.2. The van der Waals surface area contributed by atoms with Crippen LogP contribution < -0.4 is 5.32 Å². The average molecular weight is 643 g/mol. The highest BCUT2D eigenvalue weighted by molar-refractivity contribution is 5.79. The number of carboxylic acids is 1. The number of fused-ring (bicyclic) bond motifs is 3. The molecule has 0 saturated carbocycles. The summed E-state index contributed by atoms with van der Waals surface area (Å²) in [5.41, 5.74) is 6.22. The van der Waals surface area contributed by atoms with Crippen molar-refractivity contribution in [3.63, 3.8) is 0 Å². The minimum absolute atomic E-state index is 0.112. The molecule has 1 heterocycles. The van der Waals surface area contributed by atoms with E-state index in [0.29, 0.717) is 45.8 Å². The number of rotatable bonds is 12. The first-order chi connectivity index (χ1) is 22.5. The van der Waals surface area contributed by atoms with E-state index in [9.17, 15) is 19.5 Å². The summed E-state index contributed by atoms with van der Waals surface area (Å²) in [6.07, 6.45) is 0.324. The van der Waals surface area contributed by atoms with Crippen molar-refractivity contribution >= 4 is 18.0 Å². The molecule has 47 heavy (non-hydrogen) atoms. The van der Waals surface area contributed by atoms with Gasteiger partial charge in [-0.05, 0) is 67.6 Å². The van der Waals surface area contributed by atoms with E-state index in [1.165, 1.54) is 22.3 Å². The summed E-state index contributed by atoms with van der Waals surface area (Å²) in [6, 6.07) is 23.5. The van der Waals surface area contributed by atoms with E-state index in [1.807, 2.05) is 74.2 Å². The summed E-state index contributed by atoms with van der Waals surface area (Å²) >= 11 is 0. The zero-order valence-corrected chi connectivity index (χ0v) is 27.8. The number of esters is 1. The average Bonchev–Trinajstić information content (AvgIpc) is 3.36. The largest absolute Gasteiger partial charge is 0.480 e. The van der Waals surface area contributed by atoms with Crippen LogP contribution in [0.1, 0.15) is 48.9 Å². The predicted molar refractivity (Wildman–Crippen MR) is 180 cm³/mol. The second-order valence-corrected chi connectivity index (χ2v) is 13.4. The molecule has 0 bridgehead atoms. The van der Waals surface area contributed by atoms with Gasteiger partial charge in [-0.2, -0.15) is 0 Å². The van der Waals surface area contributed by atoms with E-state index in [1.54, 1.807) is 16.8 Å². The molecule has 10 heteroatoms. The van der Waals surface area contributed by atoms with Crippen LogP contribution >= 0.6 is 0 Å². The van der Waals surface area contributed by atoms with Crippen molar-refractivity contribution in [1.29, 1.82) is 0 Å². The van der Waals surface area contributed by atoms with Crippen molar-refractivity contribution in [3.8, 4) is 11.1 Å². The summed E-state index contributed by atoms with van der Waals surface area (Å²) in [7, 11) is 1.77. The van der Waals surface area contributed by atoms with Crippen LogP contribution in [0, 0.1) is 0 Å². The van der Waals surface area contributed by atoms with E-state index in [-0.39, 0.29) is 31.2 Å². The van der Waals surface area contributed by atoms with Gasteiger partial charge in [0.15, 0.2) is 0 Å². The molecular formula is C37H46N4O6. The van der Waals surface area contributed by atoms with Gasteiger partial charge in [0.2, 0.25) is 0 Å². The number of carbonyl (C=O) groups is 3. The molecule has 2 amide bonds. The molecule has 1 saturated heterocycles. The highest BCUT2D eigenvalue weighted by atomic mass is 16.6. The standard InChI is InChI=1S/C37H46N4O6/c1-37(2,3)47-34(42)23-40-17-19-41(20-18-40)36(45)38-22-27-15-13-26(14-16-27)21-33(35(43)44)39(4)25-46-24-32-30-11-7-5-9-28(30)29-10-6-8-12-31(29)32/h5-16,32-33H,17-25H2,1-4H3,(H,38,45)(H,43,44)/t33-/m0/s1. The number of hydrogen-bond acceptors (Lipinski definition) is 7. The quantitative estimate of drug-likeness (QED) is 0.219. The fourth-order valence-corrected chi connectivity index (χ4v) is 6.25. The van der Waals surface area contributed by atoms with Gasteiger partial charge in [0.25, 0.3) is 0 Å². The molecule has 5 rings (SSSR count). The van der Waals surface area contributed by atoms with Crippen molar-refractivity contribution in [2.75, 3.05) is 53.1 Å². The third kappa shape index (κ3) is 8.97. The lowest BCUT2D eigenvalue weighted by Gasteiger charge is -2.34. The highest BCUT2D eigenvalue weighted by Gasteiger charge is 2.29. The number of nitrogens with zero attached hydrogens (tertiary/aromatic N) is 3. The number of carbonyl (C=O) groups excluding carboxylic acids is 2. The summed E-state index contributed by atoms with van der Waals surface area (Å²) in [5, 5.41) is 13.0. The van der Waals surface area contributed by atoms with E-state index < -0.39 is 17.6 Å². The van der Waals surface area contributed by atoms with Crippen molar-refractivity contribution in [3.05, 3.63) is 95.1 Å². The molecule has 2 aliphatic rings. The number of carboxylic acid groups (broad SMARTS) is 1. The lowest BCUT2D eigenvalue weighted by atomic mass is 9.98. The van der Waals surface area contributed by atoms with Crippen LogP contribution in [0.5, 0.6) is 0 Å². The highest BCUT2D eigenvalue weighted by Crippen LogP contribution is 2.44. The Hall–Kier alpha value is -4.25. The molecule has 0 spiro atoms. The third-order valence-corrected chi connectivity index (χ3v) is 8.69. The predicted octanol–water partition coefficient (Wildman–Crippen LogP) is 4.57. The van der Waals surface area contributed by atoms with Crippen molar-refractivity contribution in [2.24, 2.45) is 0 Å². The third-order valence-electron chi connectivity index (χ3n) is 8.69. The molecular weight excluding hydrogens is 596 g/mol. The Balaban J connectivity index is 1.06. The number of nitrogens with one attached hydrogen (secondary N) is 1. The summed E-state index contributed by atoms with van der Waals surface area (Å²) in [5.74, 6) is -1.05. The number of aliphatic carboxylic acids is 1. The number of benzene rings is 3. The second-order valence-electron chi connectivity index (χ2n) is 13.4. The molecule has 1 aliphatic heterocycles. The number of amides is 2. The van der Waals surface area contributed by atoms with Gasteiger partial charge in [-0.15, -0.1) is 0 Å². The van der Waals surface area contributed by atoms with Gasteiger partial charge in [-0.3, -0.25) is 19.4 Å². The first-order valence-electron chi connectivity index (χ1n) is 16.2. The number of likely N-dealkylation sites (N-methyl/N-ethyl adjacent to an activating group) is 1. The smallest absolute Gasteiger partial charge is 0.321 e. The van der Waals surface area contributed by atoms with Crippen LogP contribution in [0.4, 0.5) is 4.79 Å². The number of hydrogen-bond donors (Lipinski definition) is 2. The fourth-order valence-electron chi connectivity index (χ4n) is 6.25. The maximum atomic E-state index is 12.8. The van der Waals surface area contributed by atoms with Gasteiger partial charge in [-0.1, -0.05) is 72.8 Å². The van der Waals surface area contributed by atoms with Crippen LogP contribution in [0.15, 0.2) is 72.8 Å². The van der Waals surface area contributed by atoms with Gasteiger partial charge < -0.3 is 24.8 Å².